The molecule has 1 heterocycles. The third-order valence-corrected chi connectivity index (χ3v) is 10.1. The zero-order chi connectivity index (χ0) is 27.9. The number of benzene rings is 2. The molecular weight excluding hydrogens is 543 g/mol. The van der Waals surface area contributed by atoms with Gasteiger partial charge in [-0.15, -0.1) is 23.1 Å². The fraction of sp³-hybridized carbons (Fsp3) is 0.269. The van der Waals surface area contributed by atoms with Crippen LogP contribution in [0.5, 0.6) is 0 Å². The van der Waals surface area contributed by atoms with Gasteiger partial charge in [-0.1, -0.05) is 24.6 Å². The summed E-state index contributed by atoms with van der Waals surface area (Å²) in [5.41, 5.74) is 8.83. The molecule has 0 saturated heterocycles. The number of nitrogens with one attached hydrogen (secondary N) is 4. The number of hydrogen-bond acceptors (Lipinski definition) is 7. The number of aliphatic carboxylic acids is 1. The summed E-state index contributed by atoms with van der Waals surface area (Å²) in [6.07, 6.45) is 4.12. The molecule has 0 fully saturated rings. The highest BCUT2D eigenvalue weighted by Gasteiger charge is 2.25. The number of carboxylic acids is 1. The molecule has 1 aromatic heterocycles. The second-order valence-corrected chi connectivity index (χ2v) is 12.6. The van der Waals surface area contributed by atoms with Crippen LogP contribution in [0.15, 0.2) is 62.5 Å². The number of guanidine groups is 1. The third kappa shape index (κ3) is 7.36. The van der Waals surface area contributed by atoms with Gasteiger partial charge in [0.05, 0.1) is 18.9 Å². The Labute approximate surface area is 230 Å². The van der Waals surface area contributed by atoms with Crippen molar-refractivity contribution in [3.8, 4) is 11.1 Å². The van der Waals surface area contributed by atoms with Crippen LogP contribution in [0.3, 0.4) is 0 Å². The molecule has 0 spiro atoms. The summed E-state index contributed by atoms with van der Waals surface area (Å²) in [7, 11) is -3.82. The predicted molar refractivity (Wildman–Crippen MR) is 155 cm³/mol. The molecule has 3 rings (SSSR count). The summed E-state index contributed by atoms with van der Waals surface area (Å²) in [6.45, 7) is 2.49. The second kappa shape index (κ2) is 12.9. The maximum Gasteiger partial charge on any atom is 0.303 e. The first-order chi connectivity index (χ1) is 18.0. The van der Waals surface area contributed by atoms with Crippen molar-refractivity contribution in [2.24, 2.45) is 5.73 Å². The van der Waals surface area contributed by atoms with Crippen LogP contribution in [0.4, 0.5) is 5.69 Å². The van der Waals surface area contributed by atoms with E-state index in [-0.39, 0.29) is 28.0 Å². The minimum atomic E-state index is -3.82. The topological polar surface area (TPSA) is 169 Å². The number of thioether (sulfide) groups is 1. The minimum Gasteiger partial charge on any atom is -0.481 e. The van der Waals surface area contributed by atoms with E-state index in [1.807, 2.05) is 31.2 Å². The first kappa shape index (κ1) is 29.2. The van der Waals surface area contributed by atoms with E-state index in [0.29, 0.717) is 22.1 Å². The van der Waals surface area contributed by atoms with E-state index in [0.717, 1.165) is 35.2 Å². The fourth-order valence-corrected chi connectivity index (χ4v) is 7.73. The van der Waals surface area contributed by atoms with Gasteiger partial charge in [0.1, 0.15) is 5.84 Å². The first-order valence-corrected chi connectivity index (χ1v) is 15.3. The second-order valence-electron chi connectivity index (χ2n) is 8.57. The molecule has 2 aromatic carbocycles. The monoisotopic (exact) mass is 573 g/mol. The van der Waals surface area contributed by atoms with Crippen molar-refractivity contribution in [2.75, 3.05) is 18.1 Å². The average Bonchev–Trinajstić information content (AvgIpc) is 3.32. The lowest BCUT2D eigenvalue weighted by Gasteiger charge is -2.13. The lowest BCUT2D eigenvalue weighted by Crippen LogP contribution is -2.30. The van der Waals surface area contributed by atoms with Crippen molar-refractivity contribution in [2.45, 2.75) is 46.6 Å². The van der Waals surface area contributed by atoms with Gasteiger partial charge < -0.3 is 21.5 Å². The number of amidine groups is 1. The average molecular weight is 574 g/mol. The first-order valence-electron chi connectivity index (χ1n) is 11.8. The zero-order valence-corrected chi connectivity index (χ0v) is 23.6. The molecule has 12 heteroatoms. The molecule has 0 bridgehead atoms. The fourth-order valence-electron chi connectivity index (χ4n) is 3.82. The summed E-state index contributed by atoms with van der Waals surface area (Å²) in [4.78, 5) is 11.3. The summed E-state index contributed by atoms with van der Waals surface area (Å²) in [5.74, 6) is -0.812. The van der Waals surface area contributed by atoms with Crippen LogP contribution in [0.2, 0.25) is 0 Å². The van der Waals surface area contributed by atoms with Gasteiger partial charge >= 0.3 is 5.97 Å². The van der Waals surface area contributed by atoms with Crippen LogP contribution in [0.25, 0.3) is 11.1 Å². The lowest BCUT2D eigenvalue weighted by atomic mass is 10.00. The molecule has 9 nitrogen and oxygen atoms in total. The summed E-state index contributed by atoms with van der Waals surface area (Å²) in [6, 6.07) is 13.8. The number of rotatable bonds is 12. The van der Waals surface area contributed by atoms with E-state index in [1.165, 1.54) is 29.2 Å². The molecule has 3 aromatic rings. The van der Waals surface area contributed by atoms with Crippen molar-refractivity contribution in [3.63, 3.8) is 0 Å². The van der Waals surface area contributed by atoms with Crippen molar-refractivity contribution in [1.82, 2.24) is 5.32 Å². The quantitative estimate of drug-likeness (QED) is 0.0748. The van der Waals surface area contributed by atoms with Crippen LogP contribution in [0.1, 0.15) is 36.1 Å². The van der Waals surface area contributed by atoms with Crippen molar-refractivity contribution >= 4 is 56.4 Å². The zero-order valence-electron chi connectivity index (χ0n) is 21.1. The number of unbranched alkanes of at least 4 members (excludes halogenated alkanes) is 2. The van der Waals surface area contributed by atoms with E-state index < -0.39 is 15.8 Å². The summed E-state index contributed by atoms with van der Waals surface area (Å²) in [5, 5.41) is 30.4. The van der Waals surface area contributed by atoms with Gasteiger partial charge in [-0.2, -0.15) is 0 Å². The van der Waals surface area contributed by atoms with Crippen molar-refractivity contribution < 1.29 is 18.3 Å². The molecule has 7 N–H and O–H groups in total. The smallest absolute Gasteiger partial charge is 0.303 e. The van der Waals surface area contributed by atoms with Crippen LogP contribution in [-0.2, 0) is 14.6 Å². The number of aryl methyl sites for hydroxylation is 1. The predicted octanol–water partition coefficient (Wildman–Crippen LogP) is 5.14. The summed E-state index contributed by atoms with van der Waals surface area (Å²) >= 11 is 2.50. The van der Waals surface area contributed by atoms with Gasteiger partial charge in [0, 0.05) is 18.7 Å². The highest BCUT2D eigenvalue weighted by molar-refractivity contribution is 8.01. The number of anilines is 1. The van der Waals surface area contributed by atoms with Crippen molar-refractivity contribution in [3.05, 3.63) is 59.0 Å². The normalized spacial score (nSPS) is 11.2. The number of thiophene rings is 1. The Morgan fingerprint density at radius 2 is 1.87 bits per heavy atom. The molecule has 0 saturated carbocycles. The molecule has 0 aliphatic rings. The van der Waals surface area contributed by atoms with Gasteiger partial charge in [0.25, 0.3) is 0 Å². The van der Waals surface area contributed by atoms with E-state index in [9.17, 15) is 13.2 Å². The lowest BCUT2D eigenvalue weighted by molar-refractivity contribution is -0.137. The molecule has 38 heavy (non-hydrogen) atoms. The molecule has 0 unspecified atom stereocenters. The maximum atomic E-state index is 13.5. The van der Waals surface area contributed by atoms with Gasteiger partial charge in [-0.05, 0) is 73.0 Å². The van der Waals surface area contributed by atoms with Crippen LogP contribution < -0.4 is 16.4 Å². The van der Waals surface area contributed by atoms with Crippen LogP contribution in [0, 0.1) is 17.7 Å². The third-order valence-electron chi connectivity index (χ3n) is 5.73. The van der Waals surface area contributed by atoms with E-state index in [4.69, 9.17) is 21.7 Å². The Morgan fingerprint density at radius 3 is 2.53 bits per heavy atom. The number of carbonyl (C=O) groups is 1. The Hall–Kier alpha value is -3.35. The molecule has 0 radical (unpaired) electrons. The van der Waals surface area contributed by atoms with Crippen molar-refractivity contribution in [1.29, 1.82) is 10.8 Å². The maximum absolute atomic E-state index is 13.5. The molecule has 0 amide bonds. The number of hydrogen-bond donors (Lipinski definition) is 6. The largest absolute Gasteiger partial charge is 0.481 e. The van der Waals surface area contributed by atoms with Gasteiger partial charge in [-0.25, -0.2) is 8.42 Å². The summed E-state index contributed by atoms with van der Waals surface area (Å²) < 4.78 is 27.6. The molecule has 0 aliphatic heterocycles. The molecule has 0 atom stereocenters. The molecule has 0 aliphatic carbocycles. The standard InChI is InChI=1S/C26H31N5O4S3/c1-16-13-18(31-26(29)30-12-5-3-4-9-23(32)33)10-11-20(16)17-7-6-8-19(14-17)38(34,35)22-15-21(24(27)28)37-25(22)36-2/h6-8,10-11,13-15H,3-5,9,12H2,1-2H3,(H3,27,28)(H,32,33)(H3,29,30,31). The van der Waals surface area contributed by atoms with Crippen LogP contribution in [-0.4, -0.2) is 44.1 Å². The number of carboxylic acid groups (broad SMARTS) is 1. The van der Waals surface area contributed by atoms with E-state index >= 15 is 0 Å². The molecule has 202 valence electrons. The number of nitrogens with two attached hydrogens (primary N) is 1. The Balaban J connectivity index is 1.73. The Bertz CT molecular complexity index is 1450. The highest BCUT2D eigenvalue weighted by atomic mass is 32.2. The van der Waals surface area contributed by atoms with Crippen LogP contribution >= 0.6 is 23.1 Å². The van der Waals surface area contributed by atoms with Gasteiger partial charge in [0.2, 0.25) is 9.84 Å². The number of nitrogen functional groups attached to an aromatic ring is 1. The van der Waals surface area contributed by atoms with E-state index in [2.05, 4.69) is 10.6 Å². The molecular formula is C26H31N5O4S3. The van der Waals surface area contributed by atoms with E-state index in [1.54, 1.807) is 24.5 Å². The van der Waals surface area contributed by atoms with Gasteiger partial charge in [0.15, 0.2) is 5.96 Å². The number of sulfone groups is 1. The Morgan fingerprint density at radius 1 is 1.11 bits per heavy atom. The van der Waals surface area contributed by atoms with Gasteiger partial charge in [-0.3, -0.25) is 15.6 Å². The SMILES string of the molecule is CSc1sc(C(=N)N)cc1S(=O)(=O)c1cccc(-c2ccc(NC(=N)NCCCCCC(=O)O)cc2C)c1. The Kier molecular flexibility index (Phi) is 9.95. The highest BCUT2D eigenvalue weighted by Crippen LogP contribution is 2.38. The minimum absolute atomic E-state index is 0.147.